The first kappa shape index (κ1) is 19.9. The summed E-state index contributed by atoms with van der Waals surface area (Å²) in [5, 5.41) is 21.5. The van der Waals surface area contributed by atoms with Crippen LogP contribution < -0.4 is 10.6 Å². The van der Waals surface area contributed by atoms with Gasteiger partial charge in [0.1, 0.15) is 6.04 Å². The van der Waals surface area contributed by atoms with Gasteiger partial charge >= 0.3 is 0 Å². The highest BCUT2D eigenvalue weighted by Gasteiger charge is 2.30. The van der Waals surface area contributed by atoms with Gasteiger partial charge in [-0.2, -0.15) is 5.10 Å². The predicted octanol–water partition coefficient (Wildman–Crippen LogP) is 2.80. The number of aliphatic hydroxyl groups is 1. The molecule has 5 rings (SSSR count). The Morgan fingerprint density at radius 1 is 1.16 bits per heavy atom. The van der Waals surface area contributed by atoms with Crippen LogP contribution in [0, 0.1) is 0 Å². The number of hydrogen-bond donors (Lipinski definition) is 3. The van der Waals surface area contributed by atoms with Crippen molar-refractivity contribution in [1.82, 2.24) is 20.1 Å². The number of anilines is 1. The Bertz CT molecular complexity index is 1030. The molecule has 7 nitrogen and oxygen atoms in total. The van der Waals surface area contributed by atoms with E-state index >= 15 is 0 Å². The van der Waals surface area contributed by atoms with Crippen LogP contribution in [-0.4, -0.2) is 37.9 Å². The molecule has 1 aromatic carbocycles. The van der Waals surface area contributed by atoms with E-state index < -0.39 is 6.10 Å². The summed E-state index contributed by atoms with van der Waals surface area (Å²) in [6, 6.07) is 13.9. The molecule has 0 radical (unpaired) electrons. The van der Waals surface area contributed by atoms with Crippen LogP contribution in [0.1, 0.15) is 48.2 Å². The van der Waals surface area contributed by atoms with Gasteiger partial charge in [0, 0.05) is 47.6 Å². The molecule has 31 heavy (non-hydrogen) atoms. The monoisotopic (exact) mass is 417 g/mol. The summed E-state index contributed by atoms with van der Waals surface area (Å²) in [6.45, 7) is 0. The average molecular weight is 418 g/mol. The van der Waals surface area contributed by atoms with Crippen molar-refractivity contribution in [2.45, 2.75) is 56.3 Å². The Morgan fingerprint density at radius 2 is 2.03 bits per heavy atom. The van der Waals surface area contributed by atoms with Crippen molar-refractivity contribution in [2.24, 2.45) is 0 Å². The largest absolute Gasteiger partial charge is 0.387 e. The molecule has 2 aliphatic rings. The maximum Gasteiger partial charge on any atom is 0.249 e. The van der Waals surface area contributed by atoms with Gasteiger partial charge in [0.05, 0.1) is 6.10 Å². The summed E-state index contributed by atoms with van der Waals surface area (Å²) >= 11 is 0. The van der Waals surface area contributed by atoms with E-state index in [1.807, 2.05) is 35.0 Å². The number of rotatable bonds is 6. The Labute approximate surface area is 181 Å². The van der Waals surface area contributed by atoms with Crippen molar-refractivity contribution in [1.29, 1.82) is 0 Å². The number of fused-ring (bicyclic) bond motifs is 1. The molecular weight excluding hydrogens is 390 g/mol. The van der Waals surface area contributed by atoms with Crippen molar-refractivity contribution >= 4 is 11.6 Å². The van der Waals surface area contributed by atoms with Gasteiger partial charge in [0.25, 0.3) is 0 Å². The minimum Gasteiger partial charge on any atom is -0.387 e. The highest BCUT2D eigenvalue weighted by molar-refractivity contribution is 5.94. The lowest BCUT2D eigenvalue weighted by atomic mass is 10.0. The highest BCUT2D eigenvalue weighted by Crippen LogP contribution is 2.28. The first-order valence-electron chi connectivity index (χ1n) is 10.9. The fourth-order valence-corrected chi connectivity index (χ4v) is 4.75. The second-order valence-corrected chi connectivity index (χ2v) is 8.49. The van der Waals surface area contributed by atoms with Crippen LogP contribution in [0.5, 0.6) is 0 Å². The molecule has 3 N–H and O–H groups in total. The maximum absolute atomic E-state index is 12.6. The average Bonchev–Trinajstić information content (AvgIpc) is 3.52. The van der Waals surface area contributed by atoms with Crippen molar-refractivity contribution in [3.05, 3.63) is 77.9 Å². The summed E-state index contributed by atoms with van der Waals surface area (Å²) in [5.74, 6) is -0.0140. The summed E-state index contributed by atoms with van der Waals surface area (Å²) in [4.78, 5) is 16.7. The third kappa shape index (κ3) is 4.24. The molecule has 1 fully saturated rings. The Hall–Kier alpha value is -3.03. The summed E-state index contributed by atoms with van der Waals surface area (Å²) in [6.07, 6.45) is 9.20. The molecule has 4 atom stereocenters. The quantitative estimate of drug-likeness (QED) is 0.574. The molecule has 0 aliphatic carbocycles. The van der Waals surface area contributed by atoms with Crippen LogP contribution in [0.2, 0.25) is 0 Å². The van der Waals surface area contributed by atoms with Crippen LogP contribution in [0.25, 0.3) is 0 Å². The van der Waals surface area contributed by atoms with Crippen molar-refractivity contribution in [3.8, 4) is 0 Å². The molecule has 3 aromatic rings. The number of aliphatic hydroxyl groups excluding tert-OH is 1. The molecule has 2 aliphatic heterocycles. The van der Waals surface area contributed by atoms with E-state index in [1.54, 1.807) is 18.6 Å². The summed E-state index contributed by atoms with van der Waals surface area (Å²) < 4.78 is 1.83. The number of aromatic nitrogens is 3. The number of amides is 1. The molecule has 160 valence electrons. The van der Waals surface area contributed by atoms with Gasteiger partial charge in [-0.25, -0.2) is 0 Å². The zero-order chi connectivity index (χ0) is 21.2. The molecule has 0 saturated carbocycles. The van der Waals surface area contributed by atoms with E-state index in [4.69, 9.17) is 0 Å². The predicted molar refractivity (Wildman–Crippen MR) is 118 cm³/mol. The van der Waals surface area contributed by atoms with E-state index in [2.05, 4.69) is 32.8 Å². The molecule has 7 heteroatoms. The number of aryl methyl sites for hydroxylation is 1. The third-order valence-electron chi connectivity index (χ3n) is 6.41. The zero-order valence-corrected chi connectivity index (χ0v) is 17.3. The van der Waals surface area contributed by atoms with Crippen LogP contribution in [0.3, 0.4) is 0 Å². The van der Waals surface area contributed by atoms with Gasteiger partial charge in [0.2, 0.25) is 5.91 Å². The van der Waals surface area contributed by atoms with E-state index in [1.165, 1.54) is 5.56 Å². The van der Waals surface area contributed by atoms with E-state index in [-0.39, 0.29) is 18.0 Å². The van der Waals surface area contributed by atoms with Crippen molar-refractivity contribution in [3.63, 3.8) is 0 Å². The fraction of sp³-hybridized carbons (Fsp3) is 0.375. The van der Waals surface area contributed by atoms with Gasteiger partial charge in [-0.3, -0.25) is 14.5 Å². The topological polar surface area (TPSA) is 92.1 Å². The highest BCUT2D eigenvalue weighted by atomic mass is 16.3. The number of benzene rings is 1. The van der Waals surface area contributed by atoms with E-state index in [0.29, 0.717) is 6.04 Å². The minimum atomic E-state index is -0.540. The number of carbonyl (C=O) groups is 1. The van der Waals surface area contributed by atoms with Gasteiger partial charge in [0.15, 0.2) is 0 Å². The van der Waals surface area contributed by atoms with Crippen molar-refractivity contribution in [2.75, 3.05) is 5.32 Å². The molecule has 1 unspecified atom stereocenters. The van der Waals surface area contributed by atoms with Crippen LogP contribution in [0.15, 0.2) is 61.1 Å². The van der Waals surface area contributed by atoms with Gasteiger partial charge in [-0.05, 0) is 61.9 Å². The lowest BCUT2D eigenvalue weighted by molar-refractivity contribution is -0.119. The SMILES string of the molecule is O=C(Nc1ccc(C[C@H]2CC[C@H]([C@H](O)c3cccnc3)N2)cc1)C1CCc2ccnn21. The zero-order valence-electron chi connectivity index (χ0n) is 17.3. The first-order chi connectivity index (χ1) is 15.2. The normalized spacial score (nSPS) is 23.5. The molecule has 4 heterocycles. The van der Waals surface area contributed by atoms with Crippen LogP contribution in [-0.2, 0) is 17.6 Å². The van der Waals surface area contributed by atoms with Crippen LogP contribution >= 0.6 is 0 Å². The number of hydrogen-bond acceptors (Lipinski definition) is 5. The number of carbonyl (C=O) groups excluding carboxylic acids is 1. The molecular formula is C24H27N5O2. The van der Waals surface area contributed by atoms with E-state index in [9.17, 15) is 9.90 Å². The number of nitrogens with zero attached hydrogens (tertiary/aromatic N) is 3. The minimum absolute atomic E-state index is 0.0140. The standard InChI is InChI=1S/C24H27N5O2/c30-23(17-2-1-12-25-15-17)21-9-7-19(27-21)14-16-3-5-18(6-4-16)28-24(31)22-10-8-20-11-13-26-29(20)22/h1-6,11-13,15,19,21-23,27,30H,7-10,14H2,(H,28,31)/t19-,21-,22?,23-/m1/s1. The Morgan fingerprint density at radius 3 is 2.84 bits per heavy atom. The van der Waals surface area contributed by atoms with Crippen molar-refractivity contribution < 1.29 is 9.90 Å². The summed E-state index contributed by atoms with van der Waals surface area (Å²) in [5.41, 5.74) is 3.98. The van der Waals surface area contributed by atoms with E-state index in [0.717, 1.165) is 49.0 Å². The first-order valence-corrected chi connectivity index (χ1v) is 10.9. The second kappa shape index (κ2) is 8.61. The van der Waals surface area contributed by atoms with Crippen LogP contribution in [0.4, 0.5) is 5.69 Å². The Balaban J connectivity index is 1.15. The second-order valence-electron chi connectivity index (χ2n) is 8.49. The lowest BCUT2D eigenvalue weighted by Crippen LogP contribution is -2.35. The fourth-order valence-electron chi connectivity index (χ4n) is 4.75. The number of pyridine rings is 1. The van der Waals surface area contributed by atoms with Gasteiger partial charge < -0.3 is 15.7 Å². The lowest BCUT2D eigenvalue weighted by Gasteiger charge is -2.20. The summed E-state index contributed by atoms with van der Waals surface area (Å²) in [7, 11) is 0. The number of nitrogens with one attached hydrogen (secondary N) is 2. The molecule has 0 spiro atoms. The molecule has 2 aromatic heterocycles. The van der Waals surface area contributed by atoms with Gasteiger partial charge in [-0.1, -0.05) is 18.2 Å². The molecule has 1 saturated heterocycles. The Kier molecular flexibility index (Phi) is 5.53. The molecule has 1 amide bonds. The maximum atomic E-state index is 12.6. The molecule has 0 bridgehead atoms. The smallest absolute Gasteiger partial charge is 0.249 e. The third-order valence-corrected chi connectivity index (χ3v) is 6.41. The van der Waals surface area contributed by atoms with Gasteiger partial charge in [-0.15, -0.1) is 0 Å².